The summed E-state index contributed by atoms with van der Waals surface area (Å²) in [6.07, 6.45) is 3.59. The number of para-hydroxylation sites is 1. The molecule has 1 saturated heterocycles. The van der Waals surface area contributed by atoms with Crippen LogP contribution in [0.4, 0.5) is 11.6 Å². The number of nitrogens with one attached hydrogen (secondary N) is 1. The van der Waals surface area contributed by atoms with Crippen LogP contribution in [0.2, 0.25) is 0 Å². The van der Waals surface area contributed by atoms with E-state index in [4.69, 9.17) is 0 Å². The smallest absolute Gasteiger partial charge is 0.237 e. The minimum atomic E-state index is -0.314. The second-order valence-electron chi connectivity index (χ2n) is 7.62. The van der Waals surface area contributed by atoms with Gasteiger partial charge in [-0.3, -0.25) is 9.36 Å². The molecule has 1 fully saturated rings. The molecular formula is C23H27N5OS. The maximum Gasteiger partial charge on any atom is 0.237 e. The Kier molecular flexibility index (Phi) is 6.38. The van der Waals surface area contributed by atoms with Crippen LogP contribution in [0, 0.1) is 6.92 Å². The molecule has 3 aromatic rings. The third-order valence-corrected chi connectivity index (χ3v) is 6.25. The van der Waals surface area contributed by atoms with E-state index < -0.39 is 0 Å². The molecular weight excluding hydrogens is 394 g/mol. The van der Waals surface area contributed by atoms with Gasteiger partial charge in [-0.1, -0.05) is 42.1 Å². The van der Waals surface area contributed by atoms with Crippen LogP contribution in [-0.4, -0.2) is 39.0 Å². The molecule has 30 heavy (non-hydrogen) atoms. The first kappa shape index (κ1) is 20.5. The molecule has 1 aromatic heterocycles. The normalized spacial score (nSPS) is 15.1. The van der Waals surface area contributed by atoms with Crippen molar-refractivity contribution in [2.45, 2.75) is 43.5 Å². The number of nitrogens with zero attached hydrogens (tertiary/aromatic N) is 4. The Morgan fingerprint density at radius 2 is 1.80 bits per heavy atom. The van der Waals surface area contributed by atoms with Crippen molar-refractivity contribution in [3.8, 4) is 5.69 Å². The zero-order chi connectivity index (χ0) is 20.9. The fourth-order valence-corrected chi connectivity index (χ4v) is 4.48. The predicted molar refractivity (Wildman–Crippen MR) is 123 cm³/mol. The van der Waals surface area contributed by atoms with E-state index in [1.165, 1.54) is 31.0 Å². The topological polar surface area (TPSA) is 63.1 Å². The fourth-order valence-electron chi connectivity index (χ4n) is 3.62. The van der Waals surface area contributed by atoms with Gasteiger partial charge in [-0.05, 0) is 62.9 Å². The lowest BCUT2D eigenvalue weighted by Gasteiger charge is -2.28. The zero-order valence-electron chi connectivity index (χ0n) is 17.4. The van der Waals surface area contributed by atoms with E-state index in [0.717, 1.165) is 41.1 Å². The predicted octanol–water partition coefficient (Wildman–Crippen LogP) is 4.69. The number of amides is 1. The van der Waals surface area contributed by atoms with Crippen molar-refractivity contribution < 1.29 is 4.79 Å². The molecule has 1 aliphatic rings. The van der Waals surface area contributed by atoms with Crippen molar-refractivity contribution in [3.05, 3.63) is 60.2 Å². The van der Waals surface area contributed by atoms with E-state index in [-0.39, 0.29) is 11.2 Å². The van der Waals surface area contributed by atoms with Gasteiger partial charge in [0.05, 0.1) is 10.9 Å². The summed E-state index contributed by atoms with van der Waals surface area (Å²) in [6, 6.07) is 18.0. The van der Waals surface area contributed by atoms with Crippen molar-refractivity contribution in [2.24, 2.45) is 0 Å². The molecule has 1 amide bonds. The number of aryl methyl sites for hydroxylation is 1. The highest BCUT2D eigenvalue weighted by Gasteiger charge is 2.24. The van der Waals surface area contributed by atoms with Gasteiger partial charge in [0, 0.05) is 18.8 Å². The molecule has 2 aromatic carbocycles. The average Bonchev–Trinajstić information content (AvgIpc) is 3.18. The number of hydrogen-bond donors (Lipinski definition) is 1. The van der Waals surface area contributed by atoms with E-state index in [2.05, 4.69) is 37.1 Å². The van der Waals surface area contributed by atoms with Crippen LogP contribution in [-0.2, 0) is 4.79 Å². The largest absolute Gasteiger partial charge is 0.341 e. The fraction of sp³-hybridized carbons (Fsp3) is 0.348. The molecule has 0 saturated carbocycles. The summed E-state index contributed by atoms with van der Waals surface area (Å²) in [6.45, 7) is 5.89. The monoisotopic (exact) mass is 421 g/mol. The molecule has 1 N–H and O–H groups in total. The average molecular weight is 422 g/mol. The highest BCUT2D eigenvalue weighted by Crippen LogP contribution is 2.30. The number of hydrogen-bond acceptors (Lipinski definition) is 5. The number of carbonyl (C=O) groups excluding carboxylic acids is 1. The van der Waals surface area contributed by atoms with Crippen molar-refractivity contribution in [1.82, 2.24) is 14.8 Å². The Hall–Kier alpha value is -2.80. The lowest BCUT2D eigenvalue weighted by molar-refractivity contribution is -0.115. The third-order valence-electron chi connectivity index (χ3n) is 5.21. The quantitative estimate of drug-likeness (QED) is 0.585. The van der Waals surface area contributed by atoms with Crippen LogP contribution in [0.15, 0.2) is 59.8 Å². The molecule has 1 aliphatic heterocycles. The summed E-state index contributed by atoms with van der Waals surface area (Å²) in [5.41, 5.74) is 2.94. The molecule has 1 atom stereocenters. The SMILES string of the molecule is Cc1cccc(NC(=O)C(C)Sc2nnc(N3CCCCC3)n2-c2ccccc2)c1. The van der Waals surface area contributed by atoms with E-state index in [1.807, 2.05) is 56.3 Å². The Balaban J connectivity index is 1.57. The molecule has 0 radical (unpaired) electrons. The van der Waals surface area contributed by atoms with Gasteiger partial charge in [-0.2, -0.15) is 0 Å². The molecule has 6 nitrogen and oxygen atoms in total. The molecule has 0 aliphatic carbocycles. The lowest BCUT2D eigenvalue weighted by Crippen LogP contribution is -2.31. The van der Waals surface area contributed by atoms with Crippen LogP contribution in [0.1, 0.15) is 31.7 Å². The van der Waals surface area contributed by atoms with Crippen molar-refractivity contribution in [3.63, 3.8) is 0 Å². The van der Waals surface area contributed by atoms with Crippen molar-refractivity contribution >= 4 is 29.3 Å². The molecule has 4 rings (SSSR count). The van der Waals surface area contributed by atoms with E-state index in [9.17, 15) is 4.79 Å². The minimum Gasteiger partial charge on any atom is -0.341 e. The molecule has 2 heterocycles. The molecule has 7 heteroatoms. The Bertz CT molecular complexity index is 998. The maximum absolute atomic E-state index is 12.8. The Labute approximate surface area is 181 Å². The van der Waals surface area contributed by atoms with Crippen LogP contribution in [0.5, 0.6) is 0 Å². The van der Waals surface area contributed by atoms with Gasteiger partial charge in [0.1, 0.15) is 0 Å². The molecule has 0 bridgehead atoms. The molecule has 0 spiro atoms. The van der Waals surface area contributed by atoms with Gasteiger partial charge >= 0.3 is 0 Å². The van der Waals surface area contributed by atoms with Crippen LogP contribution >= 0.6 is 11.8 Å². The summed E-state index contributed by atoms with van der Waals surface area (Å²) >= 11 is 1.43. The highest BCUT2D eigenvalue weighted by atomic mass is 32.2. The third kappa shape index (κ3) is 4.67. The Morgan fingerprint density at radius 1 is 1.03 bits per heavy atom. The summed E-state index contributed by atoms with van der Waals surface area (Å²) in [5, 5.41) is 12.4. The number of piperidine rings is 1. The van der Waals surface area contributed by atoms with Gasteiger partial charge in [0.25, 0.3) is 0 Å². The van der Waals surface area contributed by atoms with Crippen molar-refractivity contribution in [1.29, 1.82) is 0 Å². The van der Waals surface area contributed by atoms with Gasteiger partial charge in [0.2, 0.25) is 11.9 Å². The molecule has 1 unspecified atom stereocenters. The number of benzene rings is 2. The van der Waals surface area contributed by atoms with Gasteiger partial charge < -0.3 is 10.2 Å². The first-order valence-corrected chi connectivity index (χ1v) is 11.3. The van der Waals surface area contributed by atoms with E-state index in [1.54, 1.807) is 0 Å². The summed E-state index contributed by atoms with van der Waals surface area (Å²) in [5.74, 6) is 0.808. The van der Waals surface area contributed by atoms with E-state index in [0.29, 0.717) is 0 Å². The van der Waals surface area contributed by atoms with Crippen molar-refractivity contribution in [2.75, 3.05) is 23.3 Å². The second-order valence-corrected chi connectivity index (χ2v) is 8.93. The van der Waals surface area contributed by atoms with Gasteiger partial charge in [0.15, 0.2) is 5.16 Å². The van der Waals surface area contributed by atoms with Crippen LogP contribution in [0.25, 0.3) is 5.69 Å². The number of anilines is 2. The summed E-state index contributed by atoms with van der Waals surface area (Å²) < 4.78 is 2.08. The number of thioether (sulfide) groups is 1. The lowest BCUT2D eigenvalue weighted by atomic mass is 10.1. The number of rotatable bonds is 6. The first-order chi connectivity index (χ1) is 14.6. The highest BCUT2D eigenvalue weighted by molar-refractivity contribution is 8.00. The maximum atomic E-state index is 12.8. The van der Waals surface area contributed by atoms with E-state index >= 15 is 0 Å². The number of carbonyl (C=O) groups is 1. The van der Waals surface area contributed by atoms with Crippen LogP contribution in [0.3, 0.4) is 0 Å². The standard InChI is InChI=1S/C23H27N5OS/c1-17-10-9-11-19(16-17)24-21(29)18(2)30-23-26-25-22(27-14-7-4-8-15-27)28(23)20-12-5-3-6-13-20/h3,5-6,9-13,16,18H,4,7-8,14-15H2,1-2H3,(H,24,29). The molecule has 156 valence electrons. The minimum absolute atomic E-state index is 0.0484. The first-order valence-electron chi connectivity index (χ1n) is 10.4. The number of aromatic nitrogens is 3. The zero-order valence-corrected chi connectivity index (χ0v) is 18.2. The second kappa shape index (κ2) is 9.34. The van der Waals surface area contributed by atoms with Gasteiger partial charge in [-0.15, -0.1) is 10.2 Å². The summed E-state index contributed by atoms with van der Waals surface area (Å²) in [4.78, 5) is 15.1. The Morgan fingerprint density at radius 3 is 2.53 bits per heavy atom. The van der Waals surface area contributed by atoms with Gasteiger partial charge in [-0.25, -0.2) is 0 Å². The summed E-state index contributed by atoms with van der Waals surface area (Å²) in [7, 11) is 0. The van der Waals surface area contributed by atoms with Crippen LogP contribution < -0.4 is 10.2 Å².